The van der Waals surface area contributed by atoms with Crippen LogP contribution >= 0.6 is 0 Å². The smallest absolute Gasteiger partial charge is 0.262 e. The van der Waals surface area contributed by atoms with Crippen molar-refractivity contribution in [3.8, 4) is 11.1 Å². The van der Waals surface area contributed by atoms with Crippen molar-refractivity contribution in [3.05, 3.63) is 77.9 Å². The summed E-state index contributed by atoms with van der Waals surface area (Å²) in [5.41, 5.74) is 9.66. The topological polar surface area (TPSA) is 87.3 Å². The van der Waals surface area contributed by atoms with Gasteiger partial charge in [-0.25, -0.2) is 8.42 Å². The largest absolute Gasteiger partial charge is 0.299 e. The third-order valence-corrected chi connectivity index (χ3v) is 5.91. The summed E-state index contributed by atoms with van der Waals surface area (Å²) in [5.74, 6) is 0. The number of aryl methyl sites for hydroxylation is 1. The molecule has 0 aliphatic carbocycles. The van der Waals surface area contributed by atoms with Crippen molar-refractivity contribution in [1.82, 2.24) is 5.43 Å². The van der Waals surface area contributed by atoms with Crippen LogP contribution < -0.4 is 15.6 Å². The van der Waals surface area contributed by atoms with Crippen LogP contribution in [-0.4, -0.2) is 14.8 Å². The number of benzene rings is 3. The van der Waals surface area contributed by atoms with E-state index in [-0.39, 0.29) is 4.90 Å². The predicted molar refractivity (Wildman–Crippen MR) is 111 cm³/mol. The average molecular weight is 395 g/mol. The maximum Gasteiger partial charge on any atom is 0.262 e. The van der Waals surface area contributed by atoms with Gasteiger partial charge in [-0.2, -0.15) is 0 Å². The molecule has 0 atom stereocenters. The second-order valence-corrected chi connectivity index (χ2v) is 7.97. The molecule has 0 spiro atoms. The Morgan fingerprint density at radius 2 is 1.46 bits per heavy atom. The van der Waals surface area contributed by atoms with E-state index >= 15 is 0 Å². The van der Waals surface area contributed by atoms with E-state index in [0.717, 1.165) is 16.7 Å². The molecule has 144 valence electrons. The Balaban J connectivity index is 1.93. The van der Waals surface area contributed by atoms with Crippen LogP contribution in [0.2, 0.25) is 0 Å². The van der Waals surface area contributed by atoms with Gasteiger partial charge in [-0.15, -0.1) is 0 Å². The van der Waals surface area contributed by atoms with E-state index in [2.05, 4.69) is 15.6 Å². The summed E-state index contributed by atoms with van der Waals surface area (Å²) in [4.78, 5) is 10.5. The fourth-order valence-electron chi connectivity index (χ4n) is 3.11. The van der Waals surface area contributed by atoms with Gasteiger partial charge in [0.1, 0.15) is 0 Å². The lowest BCUT2D eigenvalue weighted by atomic mass is 9.96. The molecule has 0 aliphatic rings. The number of amides is 1. The Labute approximate surface area is 164 Å². The van der Waals surface area contributed by atoms with Crippen LogP contribution in [0.25, 0.3) is 11.1 Å². The van der Waals surface area contributed by atoms with Crippen LogP contribution in [0, 0.1) is 13.8 Å². The molecule has 0 saturated carbocycles. The second-order valence-electron chi connectivity index (χ2n) is 6.32. The van der Waals surface area contributed by atoms with Crippen molar-refractivity contribution in [2.24, 2.45) is 0 Å². The molecule has 3 aromatic rings. The predicted octanol–water partition coefficient (Wildman–Crippen LogP) is 3.84. The van der Waals surface area contributed by atoms with Gasteiger partial charge in [0, 0.05) is 5.69 Å². The lowest BCUT2D eigenvalue weighted by Gasteiger charge is -2.16. The molecule has 1 amide bonds. The lowest BCUT2D eigenvalue weighted by molar-refractivity contribution is -0.109. The number of rotatable bonds is 7. The number of anilines is 2. The fraction of sp³-hybridized carbons (Fsp3) is 0.0952. The highest BCUT2D eigenvalue weighted by Gasteiger charge is 2.20. The van der Waals surface area contributed by atoms with Crippen LogP contribution in [-0.2, 0) is 14.8 Å². The number of nitrogens with one attached hydrogen (secondary N) is 3. The van der Waals surface area contributed by atoms with Crippen molar-refractivity contribution in [1.29, 1.82) is 0 Å². The molecule has 0 unspecified atom stereocenters. The maximum atomic E-state index is 13.0. The molecule has 6 nitrogen and oxygen atoms in total. The van der Waals surface area contributed by atoms with E-state index in [1.165, 1.54) is 0 Å². The van der Waals surface area contributed by atoms with Gasteiger partial charge in [0.2, 0.25) is 6.41 Å². The normalized spacial score (nSPS) is 10.9. The zero-order valence-electron chi connectivity index (χ0n) is 15.6. The first-order valence-corrected chi connectivity index (χ1v) is 10.1. The molecule has 0 aromatic heterocycles. The van der Waals surface area contributed by atoms with Gasteiger partial charge in [-0.05, 0) is 66.4 Å². The van der Waals surface area contributed by atoms with E-state index in [1.54, 1.807) is 30.3 Å². The zero-order chi connectivity index (χ0) is 20.1. The van der Waals surface area contributed by atoms with Crippen molar-refractivity contribution in [2.75, 3.05) is 10.1 Å². The first kappa shape index (κ1) is 19.4. The molecule has 0 aliphatic heterocycles. The minimum Gasteiger partial charge on any atom is -0.299 e. The quantitative estimate of drug-likeness (QED) is 0.419. The third-order valence-electron chi connectivity index (χ3n) is 4.39. The Hall–Kier alpha value is -3.32. The molecule has 3 rings (SSSR count). The van der Waals surface area contributed by atoms with Crippen molar-refractivity contribution < 1.29 is 13.2 Å². The SMILES string of the molecule is Cc1ccc(S(=O)(=O)Nc2ccc(NNC=O)cc2)c(C)c1-c1ccccc1. The van der Waals surface area contributed by atoms with Crippen LogP contribution in [0.1, 0.15) is 11.1 Å². The van der Waals surface area contributed by atoms with Crippen LogP contribution in [0.3, 0.4) is 0 Å². The molecule has 0 bridgehead atoms. The van der Waals surface area contributed by atoms with Crippen molar-refractivity contribution >= 4 is 27.8 Å². The molecular formula is C21H21N3O3S. The Morgan fingerprint density at radius 1 is 0.821 bits per heavy atom. The molecule has 3 aromatic carbocycles. The van der Waals surface area contributed by atoms with Gasteiger partial charge in [-0.3, -0.25) is 20.4 Å². The number of hydrazine groups is 1. The summed E-state index contributed by atoms with van der Waals surface area (Å²) in [5, 5.41) is 0. The van der Waals surface area contributed by atoms with Crippen LogP contribution in [0.5, 0.6) is 0 Å². The first-order valence-electron chi connectivity index (χ1n) is 8.66. The molecule has 0 heterocycles. The van der Waals surface area contributed by atoms with E-state index in [9.17, 15) is 13.2 Å². The van der Waals surface area contributed by atoms with Crippen molar-refractivity contribution in [3.63, 3.8) is 0 Å². The first-order chi connectivity index (χ1) is 13.4. The summed E-state index contributed by atoms with van der Waals surface area (Å²) >= 11 is 0. The zero-order valence-corrected chi connectivity index (χ0v) is 16.4. The van der Waals surface area contributed by atoms with E-state index < -0.39 is 10.0 Å². The van der Waals surface area contributed by atoms with Crippen molar-refractivity contribution in [2.45, 2.75) is 18.7 Å². The van der Waals surface area contributed by atoms with Gasteiger partial charge < -0.3 is 0 Å². The fourth-order valence-corrected chi connectivity index (χ4v) is 4.42. The van der Waals surface area contributed by atoms with Crippen LogP contribution in [0.15, 0.2) is 71.6 Å². The summed E-state index contributed by atoms with van der Waals surface area (Å²) in [7, 11) is -3.76. The minimum atomic E-state index is -3.76. The number of hydrogen-bond acceptors (Lipinski definition) is 4. The number of hydrogen-bond donors (Lipinski definition) is 3. The number of carbonyl (C=O) groups is 1. The van der Waals surface area contributed by atoms with Gasteiger partial charge in [-0.1, -0.05) is 36.4 Å². The highest BCUT2D eigenvalue weighted by atomic mass is 32.2. The highest BCUT2D eigenvalue weighted by Crippen LogP contribution is 2.32. The summed E-state index contributed by atoms with van der Waals surface area (Å²) in [6.45, 7) is 3.79. The average Bonchev–Trinajstić information content (AvgIpc) is 2.68. The standard InChI is InChI=1S/C21H21N3O3S/c1-15-8-13-20(16(2)21(15)17-6-4-3-5-7-17)28(26,27)24-19-11-9-18(10-12-19)23-22-14-25/h3-14,23-24H,1-2H3,(H,22,25). The number of carbonyl (C=O) groups excluding carboxylic acids is 1. The van der Waals surface area contributed by atoms with Crippen LogP contribution in [0.4, 0.5) is 11.4 Å². The van der Waals surface area contributed by atoms with E-state index in [1.807, 2.05) is 50.2 Å². The van der Waals surface area contributed by atoms with E-state index in [4.69, 9.17) is 0 Å². The molecule has 7 heteroatoms. The molecule has 0 saturated heterocycles. The molecular weight excluding hydrogens is 374 g/mol. The summed E-state index contributed by atoms with van der Waals surface area (Å²) in [6, 6.07) is 19.7. The molecule has 0 radical (unpaired) electrons. The summed E-state index contributed by atoms with van der Waals surface area (Å²) < 4.78 is 28.6. The Kier molecular flexibility index (Phi) is 5.65. The van der Waals surface area contributed by atoms with Gasteiger partial charge in [0.25, 0.3) is 10.0 Å². The van der Waals surface area contributed by atoms with E-state index in [0.29, 0.717) is 23.3 Å². The van der Waals surface area contributed by atoms with Gasteiger partial charge in [0.15, 0.2) is 0 Å². The monoisotopic (exact) mass is 395 g/mol. The summed E-state index contributed by atoms with van der Waals surface area (Å²) in [6.07, 6.45) is 0.515. The molecule has 28 heavy (non-hydrogen) atoms. The number of sulfonamides is 1. The second kappa shape index (κ2) is 8.14. The van der Waals surface area contributed by atoms with Gasteiger partial charge in [0.05, 0.1) is 10.6 Å². The molecule has 0 fully saturated rings. The Morgan fingerprint density at radius 3 is 2.11 bits per heavy atom. The Bertz CT molecular complexity index is 1080. The van der Waals surface area contributed by atoms with Gasteiger partial charge >= 0.3 is 0 Å². The third kappa shape index (κ3) is 4.15. The highest BCUT2D eigenvalue weighted by molar-refractivity contribution is 7.92. The maximum absolute atomic E-state index is 13.0. The lowest BCUT2D eigenvalue weighted by Crippen LogP contribution is -2.19. The molecule has 3 N–H and O–H groups in total. The minimum absolute atomic E-state index is 0.238.